The van der Waals surface area contributed by atoms with Gasteiger partial charge >= 0.3 is 11.8 Å². The number of benzene rings is 1. The molecule has 0 spiro atoms. The molecule has 3 rings (SSSR count). The van der Waals surface area contributed by atoms with E-state index in [0.29, 0.717) is 24.9 Å². The topological polar surface area (TPSA) is 125 Å². The van der Waals surface area contributed by atoms with Crippen molar-refractivity contribution in [1.82, 2.24) is 20.5 Å². The third-order valence-electron chi connectivity index (χ3n) is 5.00. The first-order valence-electron chi connectivity index (χ1n) is 9.68. The maximum Gasteiger partial charge on any atom is 0.327 e. The van der Waals surface area contributed by atoms with Crippen LogP contribution in [0.4, 0.5) is 0 Å². The molecular formula is C19H26N4O5S. The molecule has 1 aliphatic carbocycles. The van der Waals surface area contributed by atoms with Crippen molar-refractivity contribution in [2.45, 2.75) is 44.0 Å². The van der Waals surface area contributed by atoms with Crippen molar-refractivity contribution in [3.63, 3.8) is 0 Å². The number of carbonyl (C=O) groups is 3. The summed E-state index contributed by atoms with van der Waals surface area (Å²) in [6.07, 6.45) is 2.68. The Morgan fingerprint density at radius 2 is 1.52 bits per heavy atom. The number of nitrogens with one attached hydrogen (secondary N) is 3. The molecule has 2 atom stereocenters. The molecule has 1 heterocycles. The molecule has 0 radical (unpaired) electrons. The first kappa shape index (κ1) is 21.3. The SMILES string of the molecule is C[C@@H]1C[C@@H](C)CN(S(=O)(=O)c2ccc(C(=O)NNC(=O)C(=O)NC3CC3)cc2)C1. The first-order chi connectivity index (χ1) is 13.7. The third kappa shape index (κ3) is 5.33. The van der Waals surface area contributed by atoms with Crippen LogP contribution in [-0.4, -0.2) is 49.6 Å². The van der Waals surface area contributed by atoms with Crippen molar-refractivity contribution >= 4 is 27.7 Å². The molecular weight excluding hydrogens is 396 g/mol. The fourth-order valence-electron chi connectivity index (χ4n) is 3.45. The minimum Gasteiger partial charge on any atom is -0.345 e. The molecule has 0 unspecified atom stereocenters. The fraction of sp³-hybridized carbons (Fsp3) is 0.526. The lowest BCUT2D eigenvalue weighted by Crippen LogP contribution is -2.49. The van der Waals surface area contributed by atoms with Gasteiger partial charge in [-0.2, -0.15) is 4.31 Å². The average molecular weight is 423 g/mol. The largest absolute Gasteiger partial charge is 0.345 e. The summed E-state index contributed by atoms with van der Waals surface area (Å²) >= 11 is 0. The summed E-state index contributed by atoms with van der Waals surface area (Å²) in [6.45, 7) is 5.02. The maximum absolute atomic E-state index is 12.9. The number of carbonyl (C=O) groups excluding carboxylic acids is 3. The Labute approximate surface area is 170 Å². The molecule has 158 valence electrons. The van der Waals surface area contributed by atoms with E-state index in [1.54, 1.807) is 0 Å². The van der Waals surface area contributed by atoms with Crippen molar-refractivity contribution in [3.05, 3.63) is 29.8 Å². The minimum atomic E-state index is -3.63. The van der Waals surface area contributed by atoms with Crippen LogP contribution in [0.15, 0.2) is 29.2 Å². The number of nitrogens with zero attached hydrogens (tertiary/aromatic N) is 1. The van der Waals surface area contributed by atoms with Crippen LogP contribution in [0.25, 0.3) is 0 Å². The van der Waals surface area contributed by atoms with Gasteiger partial charge in [0.25, 0.3) is 5.91 Å². The molecule has 1 saturated heterocycles. The Morgan fingerprint density at radius 3 is 2.07 bits per heavy atom. The molecule has 29 heavy (non-hydrogen) atoms. The summed E-state index contributed by atoms with van der Waals surface area (Å²) in [5.41, 5.74) is 4.35. The lowest BCUT2D eigenvalue weighted by molar-refractivity contribution is -0.139. The number of hydrogen-bond acceptors (Lipinski definition) is 5. The number of rotatable bonds is 4. The summed E-state index contributed by atoms with van der Waals surface area (Å²) in [7, 11) is -3.63. The first-order valence-corrected chi connectivity index (χ1v) is 11.1. The number of sulfonamides is 1. The van der Waals surface area contributed by atoms with Crippen LogP contribution >= 0.6 is 0 Å². The van der Waals surface area contributed by atoms with Crippen LogP contribution < -0.4 is 16.2 Å². The van der Waals surface area contributed by atoms with E-state index < -0.39 is 27.7 Å². The molecule has 10 heteroatoms. The highest BCUT2D eigenvalue weighted by molar-refractivity contribution is 7.89. The number of amides is 3. The van der Waals surface area contributed by atoms with Crippen molar-refractivity contribution < 1.29 is 22.8 Å². The molecule has 1 aliphatic heterocycles. The van der Waals surface area contributed by atoms with Crippen molar-refractivity contribution in [2.24, 2.45) is 11.8 Å². The molecule has 0 bridgehead atoms. The molecule has 1 aromatic carbocycles. The number of hydrogen-bond donors (Lipinski definition) is 3. The fourth-order valence-corrected chi connectivity index (χ4v) is 5.13. The van der Waals surface area contributed by atoms with Gasteiger partial charge in [-0.15, -0.1) is 0 Å². The van der Waals surface area contributed by atoms with Crippen LogP contribution in [0.5, 0.6) is 0 Å². The highest BCUT2D eigenvalue weighted by Gasteiger charge is 2.31. The van der Waals surface area contributed by atoms with Gasteiger partial charge in [0.2, 0.25) is 10.0 Å². The summed E-state index contributed by atoms with van der Waals surface area (Å²) in [5, 5.41) is 2.50. The van der Waals surface area contributed by atoms with Crippen LogP contribution in [0, 0.1) is 11.8 Å². The number of hydrazine groups is 1. The van der Waals surface area contributed by atoms with E-state index in [2.05, 4.69) is 10.7 Å². The van der Waals surface area contributed by atoms with Gasteiger partial charge in [0.1, 0.15) is 0 Å². The van der Waals surface area contributed by atoms with Gasteiger partial charge in [0.15, 0.2) is 0 Å². The van der Waals surface area contributed by atoms with E-state index >= 15 is 0 Å². The molecule has 2 aliphatic rings. The normalized spacial score (nSPS) is 22.6. The summed E-state index contributed by atoms with van der Waals surface area (Å²) in [4.78, 5) is 35.4. The standard InChI is InChI=1S/C19H26N4O5S/c1-12-9-13(2)11-23(10-12)29(27,28)16-7-3-14(4-8-16)17(24)21-22-19(26)18(25)20-15-5-6-15/h3-4,7-8,12-13,15H,5-6,9-11H2,1-2H3,(H,20,25)(H,21,24)(H,22,26)/t12-,13-/m1/s1. The Balaban J connectivity index is 1.59. The van der Waals surface area contributed by atoms with Gasteiger partial charge in [-0.1, -0.05) is 13.8 Å². The van der Waals surface area contributed by atoms with Gasteiger partial charge in [-0.3, -0.25) is 25.2 Å². The molecule has 1 saturated carbocycles. The van der Waals surface area contributed by atoms with Gasteiger partial charge in [-0.05, 0) is 55.4 Å². The van der Waals surface area contributed by atoms with Gasteiger partial charge < -0.3 is 5.32 Å². The van der Waals surface area contributed by atoms with Crippen LogP contribution in [-0.2, 0) is 19.6 Å². The third-order valence-corrected chi connectivity index (χ3v) is 6.84. The van der Waals surface area contributed by atoms with Crippen molar-refractivity contribution in [2.75, 3.05) is 13.1 Å². The predicted molar refractivity (Wildman–Crippen MR) is 105 cm³/mol. The van der Waals surface area contributed by atoms with Crippen molar-refractivity contribution in [1.29, 1.82) is 0 Å². The van der Waals surface area contributed by atoms with Gasteiger partial charge in [-0.25, -0.2) is 8.42 Å². The molecule has 3 N–H and O–H groups in total. The highest BCUT2D eigenvalue weighted by Crippen LogP contribution is 2.26. The minimum absolute atomic E-state index is 0.0318. The second-order valence-corrected chi connectivity index (χ2v) is 9.89. The van der Waals surface area contributed by atoms with Crippen LogP contribution in [0.1, 0.15) is 43.5 Å². The highest BCUT2D eigenvalue weighted by atomic mass is 32.2. The Kier molecular flexibility index (Phi) is 6.23. The zero-order chi connectivity index (χ0) is 21.2. The van der Waals surface area contributed by atoms with E-state index in [1.807, 2.05) is 19.3 Å². The Bertz CT molecular complexity index is 886. The average Bonchev–Trinajstić information content (AvgIpc) is 3.49. The monoisotopic (exact) mass is 422 g/mol. The number of piperidine rings is 1. The van der Waals surface area contributed by atoms with E-state index in [0.717, 1.165) is 19.3 Å². The second-order valence-electron chi connectivity index (χ2n) is 7.95. The van der Waals surface area contributed by atoms with E-state index in [1.165, 1.54) is 28.6 Å². The van der Waals surface area contributed by atoms with Crippen molar-refractivity contribution in [3.8, 4) is 0 Å². The zero-order valence-electron chi connectivity index (χ0n) is 16.5. The summed E-state index contributed by atoms with van der Waals surface area (Å²) < 4.78 is 27.2. The second kappa shape index (κ2) is 8.50. The summed E-state index contributed by atoms with van der Waals surface area (Å²) in [6, 6.07) is 5.51. The van der Waals surface area contributed by atoms with Crippen LogP contribution in [0.3, 0.4) is 0 Å². The molecule has 3 amide bonds. The quantitative estimate of drug-likeness (QED) is 0.478. The van der Waals surface area contributed by atoms with Gasteiger partial charge in [0, 0.05) is 24.7 Å². The molecule has 0 aromatic heterocycles. The molecule has 2 fully saturated rings. The van der Waals surface area contributed by atoms with E-state index in [-0.39, 0.29) is 16.5 Å². The Hall–Kier alpha value is -2.46. The van der Waals surface area contributed by atoms with Crippen LogP contribution in [0.2, 0.25) is 0 Å². The maximum atomic E-state index is 12.9. The smallest absolute Gasteiger partial charge is 0.327 e. The lowest BCUT2D eigenvalue weighted by Gasteiger charge is -2.34. The summed E-state index contributed by atoms with van der Waals surface area (Å²) in [5.74, 6) is -1.84. The zero-order valence-corrected chi connectivity index (χ0v) is 17.3. The molecule has 9 nitrogen and oxygen atoms in total. The Morgan fingerprint density at radius 1 is 0.931 bits per heavy atom. The van der Waals surface area contributed by atoms with Gasteiger partial charge in [0.05, 0.1) is 4.90 Å². The molecule has 1 aromatic rings. The predicted octanol–water partition coefficient (Wildman–Crippen LogP) is 0.393. The van der Waals surface area contributed by atoms with E-state index in [4.69, 9.17) is 0 Å². The lowest BCUT2D eigenvalue weighted by atomic mass is 9.94. The van der Waals surface area contributed by atoms with E-state index in [9.17, 15) is 22.8 Å².